The molecule has 2 aromatic rings. The quantitative estimate of drug-likeness (QED) is 0.895. The van der Waals surface area contributed by atoms with Gasteiger partial charge >= 0.3 is 5.97 Å². The summed E-state index contributed by atoms with van der Waals surface area (Å²) >= 11 is 0. The molecule has 0 amide bonds. The molecule has 1 aliphatic carbocycles. The normalized spacial score (nSPS) is 14.4. The molecule has 1 saturated carbocycles. The number of rotatable bonds is 3. The van der Waals surface area contributed by atoms with Gasteiger partial charge in [-0.05, 0) is 12.8 Å². The Labute approximate surface area is 104 Å². The van der Waals surface area contributed by atoms with Crippen molar-refractivity contribution in [3.8, 4) is 11.3 Å². The molecule has 1 fully saturated rings. The molecule has 4 heteroatoms. The van der Waals surface area contributed by atoms with Gasteiger partial charge in [-0.15, -0.1) is 0 Å². The van der Waals surface area contributed by atoms with Gasteiger partial charge in [0.1, 0.15) is 11.9 Å². The van der Waals surface area contributed by atoms with Crippen molar-refractivity contribution in [2.24, 2.45) is 0 Å². The Bertz CT molecular complexity index is 592. The highest BCUT2D eigenvalue weighted by Gasteiger charge is 2.31. The fourth-order valence-corrected chi connectivity index (χ4v) is 2.09. The second kappa shape index (κ2) is 4.22. The summed E-state index contributed by atoms with van der Waals surface area (Å²) in [6.45, 7) is 0. The highest BCUT2D eigenvalue weighted by Crippen LogP contribution is 2.41. The second-order valence-corrected chi connectivity index (χ2v) is 4.43. The molecule has 1 aliphatic rings. The van der Waals surface area contributed by atoms with E-state index in [0.717, 1.165) is 18.4 Å². The summed E-state index contributed by atoms with van der Waals surface area (Å²) in [5, 5.41) is 9.40. The van der Waals surface area contributed by atoms with Crippen LogP contribution in [0.2, 0.25) is 0 Å². The monoisotopic (exact) mass is 240 g/mol. The molecular weight excluding hydrogens is 228 g/mol. The lowest BCUT2D eigenvalue weighted by Gasteiger charge is -2.08. The summed E-state index contributed by atoms with van der Waals surface area (Å²) in [5.41, 5.74) is 2.27. The third-order valence-corrected chi connectivity index (χ3v) is 3.10. The molecule has 0 aliphatic heterocycles. The average molecular weight is 240 g/mol. The van der Waals surface area contributed by atoms with Crippen LogP contribution in [0.1, 0.15) is 34.8 Å². The molecule has 3 rings (SSSR count). The number of nitrogens with zero attached hydrogens (tertiary/aromatic N) is 2. The van der Waals surface area contributed by atoms with Gasteiger partial charge in [0.25, 0.3) is 0 Å². The Morgan fingerprint density at radius 3 is 2.50 bits per heavy atom. The maximum absolute atomic E-state index is 11.5. The van der Waals surface area contributed by atoms with Crippen LogP contribution in [-0.4, -0.2) is 21.0 Å². The summed E-state index contributed by atoms with van der Waals surface area (Å²) in [7, 11) is 0. The number of aromatic carboxylic acids is 1. The highest BCUT2D eigenvalue weighted by atomic mass is 16.4. The zero-order valence-corrected chi connectivity index (χ0v) is 9.71. The number of hydrogen-bond acceptors (Lipinski definition) is 3. The fourth-order valence-electron chi connectivity index (χ4n) is 2.09. The van der Waals surface area contributed by atoms with Crippen LogP contribution < -0.4 is 0 Å². The molecule has 0 bridgehead atoms. The molecule has 0 saturated heterocycles. The molecule has 0 spiro atoms. The predicted octanol–water partition coefficient (Wildman–Crippen LogP) is 2.72. The largest absolute Gasteiger partial charge is 0.478 e. The third kappa shape index (κ3) is 1.86. The van der Waals surface area contributed by atoms with Crippen LogP contribution in [0.5, 0.6) is 0 Å². The van der Waals surface area contributed by atoms with Crippen LogP contribution in [0.25, 0.3) is 11.3 Å². The van der Waals surface area contributed by atoms with Crippen LogP contribution >= 0.6 is 0 Å². The summed E-state index contributed by atoms with van der Waals surface area (Å²) in [4.78, 5) is 19.8. The summed E-state index contributed by atoms with van der Waals surface area (Å²) in [6.07, 6.45) is 3.50. The SMILES string of the molecule is O=C(O)c1c(-c2ccccc2)ncnc1C1CC1. The van der Waals surface area contributed by atoms with Gasteiger partial charge in [-0.2, -0.15) is 0 Å². The molecule has 1 N–H and O–H groups in total. The van der Waals surface area contributed by atoms with Crippen molar-refractivity contribution in [1.29, 1.82) is 0 Å². The van der Waals surface area contributed by atoms with E-state index in [-0.39, 0.29) is 5.56 Å². The Hall–Kier alpha value is -2.23. The van der Waals surface area contributed by atoms with Crippen LogP contribution in [-0.2, 0) is 0 Å². The Morgan fingerprint density at radius 2 is 1.89 bits per heavy atom. The third-order valence-electron chi connectivity index (χ3n) is 3.10. The summed E-state index contributed by atoms with van der Waals surface area (Å²) in [5.74, 6) is -0.655. The van der Waals surface area contributed by atoms with E-state index in [2.05, 4.69) is 9.97 Å². The number of aromatic nitrogens is 2. The summed E-state index contributed by atoms with van der Waals surface area (Å²) in [6, 6.07) is 9.38. The van der Waals surface area contributed by atoms with Crippen LogP contribution in [0.4, 0.5) is 0 Å². The molecule has 0 atom stereocenters. The van der Waals surface area contributed by atoms with Gasteiger partial charge in [0.15, 0.2) is 0 Å². The van der Waals surface area contributed by atoms with Gasteiger partial charge in [-0.3, -0.25) is 0 Å². The Kier molecular flexibility index (Phi) is 2.55. The van der Waals surface area contributed by atoms with Gasteiger partial charge < -0.3 is 5.11 Å². The first-order chi connectivity index (χ1) is 8.77. The molecule has 4 nitrogen and oxygen atoms in total. The van der Waals surface area contributed by atoms with E-state index in [4.69, 9.17) is 0 Å². The second-order valence-electron chi connectivity index (χ2n) is 4.43. The van der Waals surface area contributed by atoms with Crippen LogP contribution in [0, 0.1) is 0 Å². The zero-order valence-electron chi connectivity index (χ0n) is 9.71. The number of benzene rings is 1. The minimum atomic E-state index is -0.948. The molecule has 0 unspecified atom stereocenters. The topological polar surface area (TPSA) is 63.1 Å². The van der Waals surface area contributed by atoms with Gasteiger partial charge in [0, 0.05) is 11.5 Å². The first-order valence-corrected chi connectivity index (χ1v) is 5.91. The van der Waals surface area contributed by atoms with E-state index < -0.39 is 5.97 Å². The molecule has 90 valence electrons. The van der Waals surface area contributed by atoms with Crippen molar-refractivity contribution in [3.05, 3.63) is 47.9 Å². The first kappa shape index (κ1) is 10.9. The molecule has 1 aromatic carbocycles. The van der Waals surface area contributed by atoms with Crippen molar-refractivity contribution in [3.63, 3.8) is 0 Å². The molecule has 0 radical (unpaired) electrons. The van der Waals surface area contributed by atoms with Gasteiger partial charge in [0.2, 0.25) is 0 Å². The maximum Gasteiger partial charge on any atom is 0.339 e. The van der Waals surface area contributed by atoms with E-state index in [1.165, 1.54) is 6.33 Å². The lowest BCUT2D eigenvalue weighted by Crippen LogP contribution is -2.08. The first-order valence-electron chi connectivity index (χ1n) is 5.91. The van der Waals surface area contributed by atoms with Crippen LogP contribution in [0.3, 0.4) is 0 Å². The zero-order chi connectivity index (χ0) is 12.5. The Balaban J connectivity index is 2.20. The smallest absolute Gasteiger partial charge is 0.339 e. The van der Waals surface area contributed by atoms with Crippen molar-refractivity contribution in [2.75, 3.05) is 0 Å². The molecule has 1 aromatic heterocycles. The number of carboxylic acid groups (broad SMARTS) is 1. The van der Waals surface area contributed by atoms with E-state index in [9.17, 15) is 9.90 Å². The molecule has 1 heterocycles. The van der Waals surface area contributed by atoms with Crippen LogP contribution in [0.15, 0.2) is 36.7 Å². The minimum absolute atomic E-state index is 0.256. The van der Waals surface area contributed by atoms with Gasteiger partial charge in [-0.25, -0.2) is 14.8 Å². The lowest BCUT2D eigenvalue weighted by atomic mass is 10.0. The summed E-state index contributed by atoms with van der Waals surface area (Å²) < 4.78 is 0. The van der Waals surface area contributed by atoms with E-state index in [1.54, 1.807) is 0 Å². The number of carboxylic acids is 1. The van der Waals surface area contributed by atoms with Gasteiger partial charge in [-0.1, -0.05) is 30.3 Å². The van der Waals surface area contributed by atoms with E-state index >= 15 is 0 Å². The van der Waals surface area contributed by atoms with E-state index in [0.29, 0.717) is 17.3 Å². The van der Waals surface area contributed by atoms with Crippen molar-refractivity contribution < 1.29 is 9.90 Å². The Morgan fingerprint density at radius 1 is 1.17 bits per heavy atom. The maximum atomic E-state index is 11.5. The number of carbonyl (C=O) groups is 1. The van der Waals surface area contributed by atoms with Gasteiger partial charge in [0.05, 0.1) is 11.4 Å². The van der Waals surface area contributed by atoms with Crippen molar-refractivity contribution >= 4 is 5.97 Å². The molecular formula is C14H12N2O2. The highest BCUT2D eigenvalue weighted by molar-refractivity contribution is 5.96. The van der Waals surface area contributed by atoms with Crippen molar-refractivity contribution in [2.45, 2.75) is 18.8 Å². The fraction of sp³-hybridized carbons (Fsp3) is 0.214. The van der Waals surface area contributed by atoms with E-state index in [1.807, 2.05) is 30.3 Å². The standard InChI is InChI=1S/C14H12N2O2/c17-14(18)11-12(9-4-2-1-3-5-9)15-8-16-13(11)10-6-7-10/h1-5,8,10H,6-7H2,(H,17,18). The average Bonchev–Trinajstić information content (AvgIpc) is 3.23. The minimum Gasteiger partial charge on any atom is -0.478 e. The lowest BCUT2D eigenvalue weighted by molar-refractivity contribution is 0.0695. The predicted molar refractivity (Wildman–Crippen MR) is 66.4 cm³/mol. The molecule has 18 heavy (non-hydrogen) atoms. The number of hydrogen-bond donors (Lipinski definition) is 1. The van der Waals surface area contributed by atoms with Crippen molar-refractivity contribution in [1.82, 2.24) is 9.97 Å².